The number of hydrogen-bond donors (Lipinski definition) is 1. The summed E-state index contributed by atoms with van der Waals surface area (Å²) in [5.41, 5.74) is 1.68. The smallest absolute Gasteiger partial charge is 0.416 e. The Kier molecular flexibility index (Phi) is 7.37. The lowest BCUT2D eigenvalue weighted by molar-refractivity contribution is -0.137. The molecule has 36 heavy (non-hydrogen) atoms. The first kappa shape index (κ1) is 25.3. The van der Waals surface area contributed by atoms with Gasteiger partial charge in [0.05, 0.1) is 23.9 Å². The van der Waals surface area contributed by atoms with Gasteiger partial charge in [0.25, 0.3) is 0 Å². The van der Waals surface area contributed by atoms with Crippen molar-refractivity contribution in [3.05, 3.63) is 83.4 Å². The number of carbonyl (C=O) groups is 2. The molecule has 1 fully saturated rings. The molecule has 1 aromatic heterocycles. The van der Waals surface area contributed by atoms with Crippen molar-refractivity contribution in [2.24, 2.45) is 5.92 Å². The van der Waals surface area contributed by atoms with Crippen LogP contribution in [0.15, 0.2) is 60.9 Å². The maximum Gasteiger partial charge on any atom is 0.416 e. The van der Waals surface area contributed by atoms with Crippen molar-refractivity contribution in [3.8, 4) is 11.1 Å². The summed E-state index contributed by atoms with van der Waals surface area (Å²) in [7, 11) is 1.31. The summed E-state index contributed by atoms with van der Waals surface area (Å²) < 4.78 is 57.2. The molecule has 9 heteroatoms. The minimum Gasteiger partial charge on any atom is -0.465 e. The van der Waals surface area contributed by atoms with E-state index in [0.29, 0.717) is 24.5 Å². The molecule has 0 radical (unpaired) electrons. The number of anilines is 1. The van der Waals surface area contributed by atoms with Crippen molar-refractivity contribution in [2.75, 3.05) is 12.4 Å². The van der Waals surface area contributed by atoms with Gasteiger partial charge < -0.3 is 10.1 Å². The number of esters is 1. The van der Waals surface area contributed by atoms with Gasteiger partial charge in [-0.15, -0.1) is 0 Å². The zero-order valence-electron chi connectivity index (χ0n) is 19.4. The normalized spacial score (nSPS) is 17.9. The zero-order chi connectivity index (χ0) is 25.9. The van der Waals surface area contributed by atoms with Crippen LogP contribution in [0.1, 0.15) is 53.1 Å². The molecule has 1 heterocycles. The van der Waals surface area contributed by atoms with Gasteiger partial charge in [0.15, 0.2) is 0 Å². The number of halogens is 4. The lowest BCUT2D eigenvalue weighted by Gasteiger charge is -2.29. The highest BCUT2D eigenvalue weighted by atomic mass is 19.4. The molecule has 1 N–H and O–H groups in total. The van der Waals surface area contributed by atoms with Crippen LogP contribution in [0.4, 0.5) is 23.2 Å². The fraction of sp³-hybridized carbons (Fsp3) is 0.296. The lowest BCUT2D eigenvalue weighted by atomic mass is 9.77. The van der Waals surface area contributed by atoms with E-state index in [0.717, 1.165) is 41.7 Å². The molecule has 4 rings (SSSR count). The summed E-state index contributed by atoms with van der Waals surface area (Å²) in [4.78, 5) is 28.7. The first-order valence-corrected chi connectivity index (χ1v) is 11.5. The average Bonchev–Trinajstić information content (AvgIpc) is 2.89. The number of rotatable bonds is 5. The van der Waals surface area contributed by atoms with Crippen LogP contribution in [0.2, 0.25) is 0 Å². The van der Waals surface area contributed by atoms with Crippen molar-refractivity contribution in [1.29, 1.82) is 0 Å². The van der Waals surface area contributed by atoms with E-state index in [1.807, 2.05) is 24.3 Å². The van der Waals surface area contributed by atoms with Gasteiger partial charge in [0.1, 0.15) is 5.82 Å². The van der Waals surface area contributed by atoms with Gasteiger partial charge in [-0.05, 0) is 60.6 Å². The quantitative estimate of drug-likeness (QED) is 0.316. The highest BCUT2D eigenvalue weighted by Gasteiger charge is 2.32. The van der Waals surface area contributed by atoms with Crippen LogP contribution in [0.25, 0.3) is 11.1 Å². The number of benzene rings is 2. The number of amides is 1. The number of alkyl halides is 3. The van der Waals surface area contributed by atoms with Crippen LogP contribution in [0.5, 0.6) is 0 Å². The number of nitrogens with zero attached hydrogens (tertiary/aromatic N) is 1. The van der Waals surface area contributed by atoms with Crippen molar-refractivity contribution in [1.82, 2.24) is 4.98 Å². The minimum absolute atomic E-state index is 0.112. The van der Waals surface area contributed by atoms with Gasteiger partial charge in [-0.1, -0.05) is 30.7 Å². The molecule has 1 aliphatic rings. The first-order chi connectivity index (χ1) is 17.2. The molecule has 0 saturated heterocycles. The summed E-state index contributed by atoms with van der Waals surface area (Å²) >= 11 is 0. The molecule has 1 saturated carbocycles. The van der Waals surface area contributed by atoms with Crippen LogP contribution in [0.3, 0.4) is 0 Å². The molecule has 0 spiro atoms. The van der Waals surface area contributed by atoms with Crippen molar-refractivity contribution in [2.45, 2.75) is 37.8 Å². The highest BCUT2D eigenvalue weighted by molar-refractivity contribution is 5.93. The molecule has 5 nitrogen and oxygen atoms in total. The summed E-state index contributed by atoms with van der Waals surface area (Å²) in [6, 6.07) is 11.6. The molecule has 1 aliphatic carbocycles. The van der Waals surface area contributed by atoms with Crippen molar-refractivity contribution in [3.63, 3.8) is 0 Å². The molecular formula is C27H24F4N2O3. The molecule has 1 amide bonds. The van der Waals surface area contributed by atoms with E-state index in [9.17, 15) is 27.2 Å². The Balaban J connectivity index is 1.43. The summed E-state index contributed by atoms with van der Waals surface area (Å²) in [6.07, 6.45) is 1.29. The number of hydrogen-bond acceptors (Lipinski definition) is 4. The number of pyridine rings is 1. The van der Waals surface area contributed by atoms with Crippen LogP contribution in [0, 0.1) is 11.7 Å². The summed E-state index contributed by atoms with van der Waals surface area (Å²) in [6.45, 7) is 0. The maximum atomic E-state index is 14.2. The van der Waals surface area contributed by atoms with Gasteiger partial charge in [0.2, 0.25) is 5.91 Å². The molecule has 3 aromatic rings. The van der Waals surface area contributed by atoms with Gasteiger partial charge in [-0.2, -0.15) is 13.2 Å². The molecule has 188 valence electrons. The second-order valence-electron chi connectivity index (χ2n) is 8.82. The SMILES string of the molecule is COC(=O)c1cncc(-c2ccc(C3CCCC(C(=O)Nc4ccc(C(F)(F)F)cc4F)C3)cc2)c1. The molecule has 2 aromatic carbocycles. The third-order valence-corrected chi connectivity index (χ3v) is 6.47. The number of aromatic nitrogens is 1. The van der Waals surface area contributed by atoms with E-state index < -0.39 is 29.4 Å². The third kappa shape index (κ3) is 5.72. The molecule has 0 aliphatic heterocycles. The van der Waals surface area contributed by atoms with E-state index >= 15 is 0 Å². The van der Waals surface area contributed by atoms with E-state index in [4.69, 9.17) is 4.74 Å². The van der Waals surface area contributed by atoms with E-state index in [1.54, 1.807) is 12.3 Å². The summed E-state index contributed by atoms with van der Waals surface area (Å²) in [5.74, 6) is -2.26. The Morgan fingerprint density at radius 3 is 2.42 bits per heavy atom. The first-order valence-electron chi connectivity index (χ1n) is 11.5. The Bertz CT molecular complexity index is 1260. The van der Waals surface area contributed by atoms with Crippen molar-refractivity contribution >= 4 is 17.6 Å². The Morgan fingerprint density at radius 1 is 1.00 bits per heavy atom. The van der Waals surface area contributed by atoms with Crippen LogP contribution >= 0.6 is 0 Å². The summed E-state index contributed by atoms with van der Waals surface area (Å²) in [5, 5.41) is 2.45. The van der Waals surface area contributed by atoms with E-state index in [2.05, 4.69) is 10.3 Å². The average molecular weight is 500 g/mol. The molecular weight excluding hydrogens is 476 g/mol. The lowest BCUT2D eigenvalue weighted by Crippen LogP contribution is -2.28. The largest absolute Gasteiger partial charge is 0.465 e. The Morgan fingerprint density at radius 2 is 1.75 bits per heavy atom. The number of carbonyl (C=O) groups excluding carboxylic acids is 2. The van der Waals surface area contributed by atoms with Crippen LogP contribution in [-0.4, -0.2) is 24.0 Å². The monoisotopic (exact) mass is 500 g/mol. The van der Waals surface area contributed by atoms with Crippen LogP contribution in [-0.2, 0) is 15.7 Å². The number of ether oxygens (including phenoxy) is 1. The number of methoxy groups -OCH3 is 1. The minimum atomic E-state index is -4.66. The standard InChI is InChI=1S/C27H24F4N2O3/c1-36-26(35)21-12-20(14-32-15-21)17-7-5-16(6-8-17)18-3-2-4-19(11-18)25(34)33-24-10-9-22(13-23(24)28)27(29,30)31/h5-10,12-15,18-19H,2-4,11H2,1H3,(H,33,34). The topological polar surface area (TPSA) is 68.3 Å². The fourth-order valence-corrected chi connectivity index (χ4v) is 4.53. The predicted molar refractivity (Wildman–Crippen MR) is 126 cm³/mol. The Hall–Kier alpha value is -3.75. The molecule has 2 atom stereocenters. The fourth-order valence-electron chi connectivity index (χ4n) is 4.53. The van der Waals surface area contributed by atoms with Crippen molar-refractivity contribution < 1.29 is 31.9 Å². The van der Waals surface area contributed by atoms with Crippen LogP contribution < -0.4 is 5.32 Å². The Labute approximate surface area is 205 Å². The zero-order valence-corrected chi connectivity index (χ0v) is 19.4. The van der Waals surface area contributed by atoms with E-state index in [1.165, 1.54) is 13.3 Å². The van der Waals surface area contributed by atoms with Gasteiger partial charge in [-0.25, -0.2) is 9.18 Å². The number of nitrogens with one attached hydrogen (secondary N) is 1. The highest BCUT2D eigenvalue weighted by Crippen LogP contribution is 2.38. The molecule has 0 bridgehead atoms. The molecule has 2 unspecified atom stereocenters. The van der Waals surface area contributed by atoms with Gasteiger partial charge in [-0.3, -0.25) is 9.78 Å². The maximum absolute atomic E-state index is 14.2. The van der Waals surface area contributed by atoms with E-state index in [-0.39, 0.29) is 17.5 Å². The van der Waals surface area contributed by atoms with Gasteiger partial charge >= 0.3 is 12.1 Å². The second-order valence-corrected chi connectivity index (χ2v) is 8.82. The second kappa shape index (κ2) is 10.5. The third-order valence-electron chi connectivity index (χ3n) is 6.47. The van der Waals surface area contributed by atoms with Gasteiger partial charge in [0, 0.05) is 23.9 Å². The predicted octanol–water partition coefficient (Wildman–Crippen LogP) is 6.61.